The van der Waals surface area contributed by atoms with Crippen molar-refractivity contribution in [3.8, 4) is 0 Å². The van der Waals surface area contributed by atoms with E-state index < -0.39 is 18.0 Å². The molecule has 0 amide bonds. The predicted molar refractivity (Wildman–Crippen MR) is 52.8 cm³/mol. The molecule has 0 bridgehead atoms. The van der Waals surface area contributed by atoms with E-state index in [1.807, 2.05) is 0 Å². The lowest BCUT2D eigenvalue weighted by molar-refractivity contribution is -0.136. The standard InChI is InChI=1S/C9H11F2N3O2/c10-9(11)5-3-14-6(1-7(15)16)4(2-12)8(5)13/h3,9H,1-2,12H2,(H2,13,14)(H,15,16). The zero-order valence-electron chi connectivity index (χ0n) is 8.28. The number of nitrogen functional groups attached to an aromatic ring is 1. The number of rotatable bonds is 4. The van der Waals surface area contributed by atoms with Crippen LogP contribution in [0.5, 0.6) is 0 Å². The molecular weight excluding hydrogens is 220 g/mol. The van der Waals surface area contributed by atoms with Crippen LogP contribution in [0.15, 0.2) is 6.20 Å². The molecule has 5 N–H and O–H groups in total. The van der Waals surface area contributed by atoms with Crippen LogP contribution in [0.2, 0.25) is 0 Å². The first-order chi connectivity index (χ1) is 7.47. The lowest BCUT2D eigenvalue weighted by Crippen LogP contribution is -2.13. The molecule has 0 aliphatic heterocycles. The number of aliphatic carboxylic acids is 1. The number of carboxylic acid groups (broad SMARTS) is 1. The van der Waals surface area contributed by atoms with E-state index in [9.17, 15) is 13.6 Å². The Balaban J connectivity index is 3.23. The minimum atomic E-state index is -2.75. The van der Waals surface area contributed by atoms with Crippen LogP contribution in [-0.2, 0) is 17.8 Å². The van der Waals surface area contributed by atoms with E-state index in [1.54, 1.807) is 0 Å². The second-order valence-electron chi connectivity index (χ2n) is 3.13. The van der Waals surface area contributed by atoms with Crippen molar-refractivity contribution in [2.75, 3.05) is 5.73 Å². The highest BCUT2D eigenvalue weighted by molar-refractivity contribution is 5.71. The summed E-state index contributed by atoms with van der Waals surface area (Å²) in [6.45, 7) is -0.123. The molecule has 1 aromatic rings. The third-order valence-corrected chi connectivity index (χ3v) is 2.10. The van der Waals surface area contributed by atoms with E-state index >= 15 is 0 Å². The van der Waals surface area contributed by atoms with Crippen molar-refractivity contribution < 1.29 is 18.7 Å². The van der Waals surface area contributed by atoms with Gasteiger partial charge in [0.2, 0.25) is 0 Å². The Bertz CT molecular complexity index is 410. The number of nitrogens with zero attached hydrogens (tertiary/aromatic N) is 1. The van der Waals surface area contributed by atoms with E-state index in [0.717, 1.165) is 6.20 Å². The van der Waals surface area contributed by atoms with Crippen molar-refractivity contribution >= 4 is 11.7 Å². The molecule has 1 rings (SSSR count). The summed E-state index contributed by atoms with van der Waals surface area (Å²) in [6.07, 6.45) is -2.26. The minimum absolute atomic E-state index is 0.122. The largest absolute Gasteiger partial charge is 0.481 e. The van der Waals surface area contributed by atoms with E-state index in [0.29, 0.717) is 0 Å². The maximum absolute atomic E-state index is 12.5. The van der Waals surface area contributed by atoms with Crippen LogP contribution < -0.4 is 11.5 Å². The summed E-state index contributed by atoms with van der Waals surface area (Å²) >= 11 is 0. The van der Waals surface area contributed by atoms with Crippen molar-refractivity contribution in [2.45, 2.75) is 19.4 Å². The molecule has 7 heteroatoms. The third-order valence-electron chi connectivity index (χ3n) is 2.10. The smallest absolute Gasteiger partial charge is 0.309 e. The van der Waals surface area contributed by atoms with Gasteiger partial charge >= 0.3 is 5.97 Å². The molecule has 0 aromatic carbocycles. The van der Waals surface area contributed by atoms with Crippen molar-refractivity contribution in [3.63, 3.8) is 0 Å². The number of pyridine rings is 1. The first-order valence-corrected chi connectivity index (χ1v) is 4.43. The van der Waals surface area contributed by atoms with Crippen LogP contribution in [0.3, 0.4) is 0 Å². The van der Waals surface area contributed by atoms with Gasteiger partial charge in [-0.3, -0.25) is 9.78 Å². The number of carbonyl (C=O) groups is 1. The number of halogens is 2. The SMILES string of the molecule is NCc1c(CC(=O)O)ncc(C(F)F)c1N. The number of aromatic nitrogens is 1. The number of alkyl halides is 2. The third kappa shape index (κ3) is 2.43. The van der Waals surface area contributed by atoms with Crippen molar-refractivity contribution in [2.24, 2.45) is 5.73 Å². The van der Waals surface area contributed by atoms with Crippen molar-refractivity contribution in [3.05, 3.63) is 23.0 Å². The molecule has 0 fully saturated rings. The van der Waals surface area contributed by atoms with Gasteiger partial charge in [0.05, 0.1) is 17.7 Å². The Labute approximate surface area is 90.1 Å². The Morgan fingerprint density at radius 1 is 1.56 bits per heavy atom. The van der Waals surface area contributed by atoms with Crippen LogP contribution in [-0.4, -0.2) is 16.1 Å². The molecule has 0 saturated carbocycles. The normalized spacial score (nSPS) is 10.8. The van der Waals surface area contributed by atoms with E-state index in [2.05, 4.69) is 4.98 Å². The van der Waals surface area contributed by atoms with Crippen molar-refractivity contribution in [1.29, 1.82) is 0 Å². The maximum atomic E-state index is 12.5. The van der Waals surface area contributed by atoms with Gasteiger partial charge in [-0.2, -0.15) is 0 Å². The van der Waals surface area contributed by atoms with Gasteiger partial charge in [-0.25, -0.2) is 8.78 Å². The molecule has 0 radical (unpaired) electrons. The highest BCUT2D eigenvalue weighted by Crippen LogP contribution is 2.28. The van der Waals surface area contributed by atoms with Crippen LogP contribution in [0.4, 0.5) is 14.5 Å². The van der Waals surface area contributed by atoms with Gasteiger partial charge in [-0.05, 0) is 0 Å². The Morgan fingerprint density at radius 3 is 2.62 bits per heavy atom. The van der Waals surface area contributed by atoms with Gasteiger partial charge in [-0.1, -0.05) is 0 Å². The molecule has 0 atom stereocenters. The number of hydrogen-bond donors (Lipinski definition) is 3. The lowest BCUT2D eigenvalue weighted by Gasteiger charge is -2.12. The monoisotopic (exact) mass is 231 g/mol. The maximum Gasteiger partial charge on any atom is 0.309 e. The second-order valence-corrected chi connectivity index (χ2v) is 3.13. The van der Waals surface area contributed by atoms with Crippen molar-refractivity contribution in [1.82, 2.24) is 4.98 Å². The molecule has 88 valence electrons. The van der Waals surface area contributed by atoms with Gasteiger partial charge < -0.3 is 16.6 Å². The predicted octanol–water partition coefficient (Wildman–Crippen LogP) is 0.687. The first-order valence-electron chi connectivity index (χ1n) is 4.43. The van der Waals surface area contributed by atoms with Gasteiger partial charge in [0.25, 0.3) is 6.43 Å². The zero-order valence-corrected chi connectivity index (χ0v) is 8.28. The number of hydrogen-bond acceptors (Lipinski definition) is 4. The fourth-order valence-corrected chi connectivity index (χ4v) is 1.32. The summed E-state index contributed by atoms with van der Waals surface area (Å²) in [6, 6.07) is 0. The number of anilines is 1. The summed E-state index contributed by atoms with van der Waals surface area (Å²) in [4.78, 5) is 14.1. The molecule has 1 aromatic heterocycles. The number of nitrogens with two attached hydrogens (primary N) is 2. The Morgan fingerprint density at radius 2 is 2.19 bits per heavy atom. The fraction of sp³-hybridized carbons (Fsp3) is 0.333. The van der Waals surface area contributed by atoms with Gasteiger partial charge in [0.15, 0.2) is 0 Å². The summed E-state index contributed by atoms with van der Waals surface area (Å²) in [5, 5.41) is 8.59. The van der Waals surface area contributed by atoms with Crippen LogP contribution >= 0.6 is 0 Å². The van der Waals surface area contributed by atoms with E-state index in [1.165, 1.54) is 0 Å². The molecule has 0 saturated heterocycles. The topological polar surface area (TPSA) is 102 Å². The molecule has 1 heterocycles. The van der Waals surface area contributed by atoms with E-state index in [-0.39, 0.29) is 29.9 Å². The molecule has 0 aliphatic rings. The quantitative estimate of drug-likeness (QED) is 0.707. The minimum Gasteiger partial charge on any atom is -0.481 e. The van der Waals surface area contributed by atoms with E-state index in [4.69, 9.17) is 16.6 Å². The van der Waals surface area contributed by atoms with Crippen LogP contribution in [0.1, 0.15) is 23.2 Å². The molecule has 0 aliphatic carbocycles. The summed E-state index contributed by atoms with van der Waals surface area (Å²) < 4.78 is 24.9. The first kappa shape index (κ1) is 12.3. The molecule has 16 heavy (non-hydrogen) atoms. The average Bonchev–Trinajstić information content (AvgIpc) is 2.16. The summed E-state index contributed by atoms with van der Waals surface area (Å²) in [5.74, 6) is -1.12. The molecule has 5 nitrogen and oxygen atoms in total. The van der Waals surface area contributed by atoms with Gasteiger partial charge in [-0.15, -0.1) is 0 Å². The highest BCUT2D eigenvalue weighted by Gasteiger charge is 2.18. The Kier molecular flexibility index (Phi) is 3.73. The zero-order chi connectivity index (χ0) is 12.3. The summed E-state index contributed by atoms with van der Waals surface area (Å²) in [5.41, 5.74) is 10.5. The number of carboxylic acids is 1. The van der Waals surface area contributed by atoms with Gasteiger partial charge in [0.1, 0.15) is 0 Å². The molecule has 0 spiro atoms. The van der Waals surface area contributed by atoms with Crippen LogP contribution in [0, 0.1) is 0 Å². The summed E-state index contributed by atoms with van der Waals surface area (Å²) in [7, 11) is 0. The highest BCUT2D eigenvalue weighted by atomic mass is 19.3. The fourth-order valence-electron chi connectivity index (χ4n) is 1.32. The lowest BCUT2D eigenvalue weighted by atomic mass is 10.1. The van der Waals surface area contributed by atoms with Gasteiger partial charge in [0, 0.05) is 24.0 Å². The molecular formula is C9H11F2N3O2. The average molecular weight is 231 g/mol. The van der Waals surface area contributed by atoms with Crippen LogP contribution in [0.25, 0.3) is 0 Å². The second kappa shape index (κ2) is 4.84. The Hall–Kier alpha value is -1.76. The molecule has 0 unspecified atom stereocenters.